The highest BCUT2D eigenvalue weighted by atomic mass is 16.1. The molecule has 3 N–H and O–H groups in total. The molecule has 0 saturated carbocycles. The van der Waals surface area contributed by atoms with E-state index in [0.29, 0.717) is 18.9 Å². The summed E-state index contributed by atoms with van der Waals surface area (Å²) >= 11 is 0. The summed E-state index contributed by atoms with van der Waals surface area (Å²) in [5.41, 5.74) is 8.02. The van der Waals surface area contributed by atoms with Gasteiger partial charge in [-0.25, -0.2) is 0 Å². The van der Waals surface area contributed by atoms with Crippen LogP contribution in [0, 0.1) is 5.92 Å². The van der Waals surface area contributed by atoms with Crippen molar-refractivity contribution >= 4 is 5.91 Å². The second-order valence-electron chi connectivity index (χ2n) is 5.26. The number of carbonyl (C=O) groups excluding carboxylic acids is 1. The molecular weight excluding hydrogens is 236 g/mol. The van der Waals surface area contributed by atoms with E-state index in [-0.39, 0.29) is 11.9 Å². The van der Waals surface area contributed by atoms with Gasteiger partial charge in [-0.3, -0.25) is 4.79 Å². The van der Waals surface area contributed by atoms with Crippen LogP contribution in [0.2, 0.25) is 0 Å². The van der Waals surface area contributed by atoms with Crippen LogP contribution in [-0.4, -0.2) is 12.5 Å². The van der Waals surface area contributed by atoms with Crippen molar-refractivity contribution in [1.82, 2.24) is 5.32 Å². The fourth-order valence-electron chi connectivity index (χ4n) is 1.93. The number of hydrogen-bond acceptors (Lipinski definition) is 2. The Balaban J connectivity index is 2.44. The van der Waals surface area contributed by atoms with Crippen LogP contribution in [0.4, 0.5) is 0 Å². The van der Waals surface area contributed by atoms with Gasteiger partial charge in [0.2, 0.25) is 5.91 Å². The molecule has 0 aliphatic carbocycles. The third-order valence-electron chi connectivity index (χ3n) is 3.53. The number of hydrogen-bond donors (Lipinski definition) is 2. The molecule has 106 valence electrons. The third kappa shape index (κ3) is 5.43. The van der Waals surface area contributed by atoms with Gasteiger partial charge in [0, 0.05) is 6.42 Å². The highest BCUT2D eigenvalue weighted by Gasteiger charge is 2.10. The number of carbonyl (C=O) groups is 1. The van der Waals surface area contributed by atoms with Crippen LogP contribution < -0.4 is 11.1 Å². The lowest BCUT2D eigenvalue weighted by molar-refractivity contribution is -0.122. The van der Waals surface area contributed by atoms with E-state index in [1.165, 1.54) is 5.56 Å². The Labute approximate surface area is 116 Å². The lowest BCUT2D eigenvalue weighted by Gasteiger charge is -2.15. The summed E-state index contributed by atoms with van der Waals surface area (Å²) in [6.45, 7) is 6.87. The zero-order chi connectivity index (χ0) is 14.3. The van der Waals surface area contributed by atoms with Gasteiger partial charge in [-0.05, 0) is 43.4 Å². The fourth-order valence-corrected chi connectivity index (χ4v) is 1.93. The van der Waals surface area contributed by atoms with Crippen molar-refractivity contribution < 1.29 is 4.79 Å². The van der Waals surface area contributed by atoms with E-state index in [0.717, 1.165) is 18.4 Å². The molecule has 0 spiro atoms. The van der Waals surface area contributed by atoms with Gasteiger partial charge in [-0.1, -0.05) is 38.1 Å². The molecule has 0 aliphatic rings. The topological polar surface area (TPSA) is 55.1 Å². The summed E-state index contributed by atoms with van der Waals surface area (Å²) in [7, 11) is 0. The van der Waals surface area contributed by atoms with Gasteiger partial charge < -0.3 is 11.1 Å². The minimum atomic E-state index is 0.0617. The second kappa shape index (κ2) is 7.95. The SMILES string of the molecule is CCc1ccc(C(C)NC(=O)CCC(C)CN)cc1. The van der Waals surface area contributed by atoms with Gasteiger partial charge in [-0.2, -0.15) is 0 Å². The zero-order valence-electron chi connectivity index (χ0n) is 12.3. The number of nitrogens with two attached hydrogens (primary N) is 1. The van der Waals surface area contributed by atoms with E-state index in [4.69, 9.17) is 5.73 Å². The summed E-state index contributed by atoms with van der Waals surface area (Å²) < 4.78 is 0. The smallest absolute Gasteiger partial charge is 0.220 e. The summed E-state index contributed by atoms with van der Waals surface area (Å²) in [4.78, 5) is 11.8. The van der Waals surface area contributed by atoms with E-state index >= 15 is 0 Å². The average molecular weight is 262 g/mol. The first-order valence-electron chi connectivity index (χ1n) is 7.15. The minimum absolute atomic E-state index is 0.0617. The summed E-state index contributed by atoms with van der Waals surface area (Å²) in [6, 6.07) is 8.48. The maximum Gasteiger partial charge on any atom is 0.220 e. The maximum absolute atomic E-state index is 11.8. The van der Waals surface area contributed by atoms with Gasteiger partial charge in [0.05, 0.1) is 6.04 Å². The molecule has 0 bridgehead atoms. The molecule has 2 atom stereocenters. The normalized spacial score (nSPS) is 13.9. The molecule has 1 aromatic carbocycles. The van der Waals surface area contributed by atoms with Crippen LogP contribution in [0.15, 0.2) is 24.3 Å². The van der Waals surface area contributed by atoms with E-state index in [1.807, 2.05) is 6.92 Å². The Hall–Kier alpha value is -1.35. The Kier molecular flexibility index (Phi) is 6.57. The monoisotopic (exact) mass is 262 g/mol. The predicted molar refractivity (Wildman–Crippen MR) is 79.8 cm³/mol. The number of rotatable bonds is 7. The third-order valence-corrected chi connectivity index (χ3v) is 3.53. The molecule has 0 heterocycles. The van der Waals surface area contributed by atoms with Crippen molar-refractivity contribution in [3.63, 3.8) is 0 Å². The first-order valence-corrected chi connectivity index (χ1v) is 7.15. The van der Waals surface area contributed by atoms with Crippen LogP contribution >= 0.6 is 0 Å². The molecule has 3 nitrogen and oxygen atoms in total. The lowest BCUT2D eigenvalue weighted by atomic mass is 10.0. The maximum atomic E-state index is 11.8. The molecule has 1 amide bonds. The quantitative estimate of drug-likeness (QED) is 0.794. The number of benzene rings is 1. The molecule has 0 aliphatic heterocycles. The molecule has 0 aromatic heterocycles. The largest absolute Gasteiger partial charge is 0.350 e. The Morgan fingerprint density at radius 3 is 2.42 bits per heavy atom. The van der Waals surface area contributed by atoms with Gasteiger partial charge in [0.25, 0.3) is 0 Å². The highest BCUT2D eigenvalue weighted by Crippen LogP contribution is 2.14. The van der Waals surface area contributed by atoms with Crippen LogP contribution in [0.1, 0.15) is 50.8 Å². The van der Waals surface area contributed by atoms with Gasteiger partial charge in [0.1, 0.15) is 0 Å². The zero-order valence-corrected chi connectivity index (χ0v) is 12.3. The van der Waals surface area contributed by atoms with Gasteiger partial charge in [0.15, 0.2) is 0 Å². The molecular formula is C16H26N2O. The Morgan fingerprint density at radius 1 is 1.26 bits per heavy atom. The number of nitrogens with one attached hydrogen (secondary N) is 1. The molecule has 1 aromatic rings. The summed E-state index contributed by atoms with van der Waals surface area (Å²) in [6.07, 6.45) is 2.44. The Bertz CT molecular complexity index is 386. The van der Waals surface area contributed by atoms with Crippen LogP contribution in [-0.2, 0) is 11.2 Å². The number of aryl methyl sites for hydroxylation is 1. The second-order valence-corrected chi connectivity index (χ2v) is 5.26. The Morgan fingerprint density at radius 2 is 1.89 bits per heavy atom. The molecule has 19 heavy (non-hydrogen) atoms. The van der Waals surface area contributed by atoms with Crippen molar-refractivity contribution in [2.75, 3.05) is 6.54 Å². The average Bonchev–Trinajstić information content (AvgIpc) is 2.44. The van der Waals surface area contributed by atoms with Crippen molar-refractivity contribution in [3.05, 3.63) is 35.4 Å². The molecule has 0 fully saturated rings. The molecule has 2 unspecified atom stereocenters. The molecule has 3 heteroatoms. The van der Waals surface area contributed by atoms with E-state index < -0.39 is 0 Å². The van der Waals surface area contributed by atoms with Crippen molar-refractivity contribution in [2.45, 2.75) is 46.1 Å². The van der Waals surface area contributed by atoms with Crippen LogP contribution in [0.3, 0.4) is 0 Å². The van der Waals surface area contributed by atoms with Crippen LogP contribution in [0.25, 0.3) is 0 Å². The highest BCUT2D eigenvalue weighted by molar-refractivity contribution is 5.76. The standard InChI is InChI=1S/C16H26N2O/c1-4-14-6-8-15(9-7-14)13(3)18-16(19)10-5-12(2)11-17/h6-9,12-13H,4-5,10-11,17H2,1-3H3,(H,18,19). The fraction of sp³-hybridized carbons (Fsp3) is 0.562. The van der Waals surface area contributed by atoms with Crippen LogP contribution in [0.5, 0.6) is 0 Å². The predicted octanol–water partition coefficient (Wildman–Crippen LogP) is 2.80. The van der Waals surface area contributed by atoms with E-state index in [2.05, 4.69) is 43.4 Å². The first-order chi connectivity index (χ1) is 9.06. The van der Waals surface area contributed by atoms with Crippen molar-refractivity contribution in [3.8, 4) is 0 Å². The summed E-state index contributed by atoms with van der Waals surface area (Å²) in [5, 5.41) is 3.03. The summed E-state index contributed by atoms with van der Waals surface area (Å²) in [5.74, 6) is 0.511. The minimum Gasteiger partial charge on any atom is -0.350 e. The van der Waals surface area contributed by atoms with Gasteiger partial charge >= 0.3 is 0 Å². The van der Waals surface area contributed by atoms with Crippen molar-refractivity contribution in [1.29, 1.82) is 0 Å². The van der Waals surface area contributed by atoms with E-state index in [9.17, 15) is 4.79 Å². The molecule has 0 saturated heterocycles. The van der Waals surface area contributed by atoms with Gasteiger partial charge in [-0.15, -0.1) is 0 Å². The lowest BCUT2D eigenvalue weighted by Crippen LogP contribution is -2.27. The molecule has 0 radical (unpaired) electrons. The molecule has 1 rings (SSSR count). The van der Waals surface area contributed by atoms with Crippen molar-refractivity contribution in [2.24, 2.45) is 11.7 Å². The number of amides is 1. The first kappa shape index (κ1) is 15.7. The van der Waals surface area contributed by atoms with E-state index in [1.54, 1.807) is 0 Å².